The molecular formula is C12H9NO2. The minimum absolute atomic E-state index is 0.413. The molecule has 0 fully saturated rings. The Morgan fingerprint density at radius 1 is 0.867 bits per heavy atom. The van der Waals surface area contributed by atoms with Gasteiger partial charge in [-0.25, -0.2) is 0 Å². The van der Waals surface area contributed by atoms with Gasteiger partial charge in [0.2, 0.25) is 0 Å². The molecule has 0 bridgehead atoms. The van der Waals surface area contributed by atoms with Crippen molar-refractivity contribution in [2.45, 2.75) is 6.29 Å². The number of para-hydroxylation sites is 2. The number of pyridine rings is 1. The van der Waals surface area contributed by atoms with E-state index in [1.807, 2.05) is 42.5 Å². The van der Waals surface area contributed by atoms with E-state index in [1.165, 1.54) is 0 Å². The van der Waals surface area contributed by atoms with Gasteiger partial charge >= 0.3 is 0 Å². The van der Waals surface area contributed by atoms with Crippen molar-refractivity contribution in [1.29, 1.82) is 0 Å². The number of hydrogen-bond donors (Lipinski definition) is 0. The van der Waals surface area contributed by atoms with Crippen LogP contribution in [0.5, 0.6) is 11.5 Å². The van der Waals surface area contributed by atoms with Crippen molar-refractivity contribution >= 4 is 0 Å². The van der Waals surface area contributed by atoms with Gasteiger partial charge in [0, 0.05) is 6.20 Å². The summed E-state index contributed by atoms with van der Waals surface area (Å²) in [4.78, 5) is 4.19. The lowest BCUT2D eigenvalue weighted by molar-refractivity contribution is 0.0447. The molecule has 1 aliphatic rings. The minimum Gasteiger partial charge on any atom is -0.445 e. The number of hydrogen-bond acceptors (Lipinski definition) is 3. The molecule has 0 spiro atoms. The third-order valence-corrected chi connectivity index (χ3v) is 2.25. The van der Waals surface area contributed by atoms with Gasteiger partial charge in [0.25, 0.3) is 6.29 Å². The van der Waals surface area contributed by atoms with E-state index >= 15 is 0 Å². The van der Waals surface area contributed by atoms with Crippen molar-refractivity contribution in [3.63, 3.8) is 0 Å². The van der Waals surface area contributed by atoms with E-state index in [2.05, 4.69) is 4.98 Å². The van der Waals surface area contributed by atoms with Crippen LogP contribution in [0.4, 0.5) is 0 Å². The summed E-state index contributed by atoms with van der Waals surface area (Å²) in [6, 6.07) is 13.3. The quantitative estimate of drug-likeness (QED) is 0.707. The van der Waals surface area contributed by atoms with E-state index in [0.717, 1.165) is 17.2 Å². The Kier molecular flexibility index (Phi) is 1.81. The molecule has 0 unspecified atom stereocenters. The number of fused-ring (bicyclic) bond motifs is 1. The maximum Gasteiger partial charge on any atom is 0.284 e. The lowest BCUT2D eigenvalue weighted by atomic mass is 10.3. The Hall–Kier alpha value is -2.03. The van der Waals surface area contributed by atoms with E-state index in [0.29, 0.717) is 0 Å². The number of ether oxygens (including phenoxy) is 2. The maximum absolute atomic E-state index is 5.61. The molecule has 2 aromatic rings. The van der Waals surface area contributed by atoms with E-state index in [4.69, 9.17) is 9.47 Å². The lowest BCUT2D eigenvalue weighted by Crippen LogP contribution is -2.09. The highest BCUT2D eigenvalue weighted by Gasteiger charge is 2.25. The molecule has 0 amide bonds. The Morgan fingerprint density at radius 3 is 2.13 bits per heavy atom. The maximum atomic E-state index is 5.61. The first-order chi connectivity index (χ1) is 7.43. The van der Waals surface area contributed by atoms with Crippen LogP contribution in [-0.4, -0.2) is 4.98 Å². The van der Waals surface area contributed by atoms with Crippen LogP contribution in [0.3, 0.4) is 0 Å². The molecule has 3 nitrogen and oxygen atoms in total. The summed E-state index contributed by atoms with van der Waals surface area (Å²) in [5.74, 6) is 1.54. The third-order valence-electron chi connectivity index (χ3n) is 2.25. The highest BCUT2D eigenvalue weighted by molar-refractivity contribution is 5.42. The zero-order valence-corrected chi connectivity index (χ0v) is 7.96. The summed E-state index contributed by atoms with van der Waals surface area (Å²) in [7, 11) is 0. The van der Waals surface area contributed by atoms with Gasteiger partial charge in [0.05, 0.1) is 0 Å². The average Bonchev–Trinajstić information content (AvgIpc) is 2.74. The van der Waals surface area contributed by atoms with E-state index in [-0.39, 0.29) is 0 Å². The van der Waals surface area contributed by atoms with Crippen LogP contribution < -0.4 is 9.47 Å². The highest BCUT2D eigenvalue weighted by Crippen LogP contribution is 2.39. The van der Waals surface area contributed by atoms with E-state index in [1.54, 1.807) is 6.20 Å². The zero-order chi connectivity index (χ0) is 10.1. The van der Waals surface area contributed by atoms with Gasteiger partial charge in [-0.15, -0.1) is 0 Å². The van der Waals surface area contributed by atoms with Crippen LogP contribution in [0.1, 0.15) is 12.0 Å². The van der Waals surface area contributed by atoms with Crippen LogP contribution >= 0.6 is 0 Å². The van der Waals surface area contributed by atoms with Gasteiger partial charge in [-0.2, -0.15) is 0 Å². The summed E-state index contributed by atoms with van der Waals surface area (Å²) in [6.45, 7) is 0. The van der Waals surface area contributed by atoms with Gasteiger partial charge < -0.3 is 9.47 Å². The largest absolute Gasteiger partial charge is 0.445 e. The number of rotatable bonds is 1. The molecule has 0 N–H and O–H groups in total. The Balaban J connectivity index is 1.91. The molecular weight excluding hydrogens is 190 g/mol. The summed E-state index contributed by atoms with van der Waals surface area (Å²) < 4.78 is 11.2. The Labute approximate surface area is 87.3 Å². The van der Waals surface area contributed by atoms with Gasteiger partial charge in [-0.1, -0.05) is 18.2 Å². The fourth-order valence-electron chi connectivity index (χ4n) is 1.54. The highest BCUT2D eigenvalue weighted by atomic mass is 16.7. The summed E-state index contributed by atoms with van der Waals surface area (Å²) >= 11 is 0. The predicted octanol–water partition coefficient (Wildman–Crippen LogP) is 2.55. The monoisotopic (exact) mass is 199 g/mol. The summed E-state index contributed by atoms with van der Waals surface area (Å²) in [6.07, 6.45) is 1.31. The Morgan fingerprint density at radius 2 is 1.53 bits per heavy atom. The molecule has 15 heavy (non-hydrogen) atoms. The van der Waals surface area contributed by atoms with Crippen LogP contribution in [0.15, 0.2) is 48.7 Å². The predicted molar refractivity (Wildman–Crippen MR) is 54.7 cm³/mol. The van der Waals surface area contributed by atoms with Crippen molar-refractivity contribution < 1.29 is 9.47 Å². The first-order valence-corrected chi connectivity index (χ1v) is 4.77. The minimum atomic E-state index is -0.413. The molecule has 3 rings (SSSR count). The second-order valence-electron chi connectivity index (χ2n) is 3.27. The first-order valence-electron chi connectivity index (χ1n) is 4.77. The zero-order valence-electron chi connectivity index (χ0n) is 7.96. The second kappa shape index (κ2) is 3.28. The molecule has 1 aromatic heterocycles. The standard InChI is InChI=1S/C12H9NO2/c1-2-7-11-10(6-1)14-12(15-11)9-5-3-4-8-13-9/h1-8,12H. The molecule has 1 aromatic carbocycles. The number of aromatic nitrogens is 1. The first kappa shape index (κ1) is 8.29. The van der Waals surface area contributed by atoms with Crippen molar-refractivity contribution in [3.05, 3.63) is 54.4 Å². The van der Waals surface area contributed by atoms with Gasteiger partial charge in [0.15, 0.2) is 11.5 Å². The van der Waals surface area contributed by atoms with Crippen molar-refractivity contribution in [2.75, 3.05) is 0 Å². The third kappa shape index (κ3) is 1.42. The van der Waals surface area contributed by atoms with Crippen LogP contribution in [0.2, 0.25) is 0 Å². The molecule has 0 radical (unpaired) electrons. The normalized spacial score (nSPS) is 14.1. The fourth-order valence-corrected chi connectivity index (χ4v) is 1.54. The molecule has 1 aliphatic heterocycles. The van der Waals surface area contributed by atoms with Crippen LogP contribution in [-0.2, 0) is 0 Å². The van der Waals surface area contributed by atoms with Gasteiger partial charge in [-0.3, -0.25) is 4.98 Å². The number of benzene rings is 1. The Bertz CT molecular complexity index is 445. The molecule has 3 heteroatoms. The smallest absolute Gasteiger partial charge is 0.284 e. The average molecular weight is 199 g/mol. The molecule has 0 saturated heterocycles. The van der Waals surface area contributed by atoms with E-state index in [9.17, 15) is 0 Å². The molecule has 0 saturated carbocycles. The van der Waals surface area contributed by atoms with Gasteiger partial charge in [-0.05, 0) is 24.3 Å². The topological polar surface area (TPSA) is 31.4 Å². The summed E-state index contributed by atoms with van der Waals surface area (Å²) in [5, 5.41) is 0. The molecule has 74 valence electrons. The van der Waals surface area contributed by atoms with Crippen LogP contribution in [0.25, 0.3) is 0 Å². The van der Waals surface area contributed by atoms with Crippen molar-refractivity contribution in [2.24, 2.45) is 0 Å². The van der Waals surface area contributed by atoms with Crippen molar-refractivity contribution in [3.8, 4) is 11.5 Å². The van der Waals surface area contributed by atoms with Gasteiger partial charge in [0.1, 0.15) is 5.69 Å². The SMILES string of the molecule is c1ccc(C2Oc3ccccc3O2)nc1. The van der Waals surface area contributed by atoms with Crippen LogP contribution in [0, 0.1) is 0 Å². The summed E-state index contributed by atoms with van der Waals surface area (Å²) in [5.41, 5.74) is 0.786. The second-order valence-corrected chi connectivity index (χ2v) is 3.27. The molecule has 0 aliphatic carbocycles. The van der Waals surface area contributed by atoms with Crippen molar-refractivity contribution in [1.82, 2.24) is 4.98 Å². The van der Waals surface area contributed by atoms with E-state index < -0.39 is 6.29 Å². The number of nitrogens with zero attached hydrogens (tertiary/aromatic N) is 1. The fraction of sp³-hybridized carbons (Fsp3) is 0.0833. The molecule has 0 atom stereocenters. The lowest BCUT2D eigenvalue weighted by Gasteiger charge is -2.08. The molecule has 2 heterocycles.